The maximum absolute atomic E-state index is 11.6. The molecule has 5 nitrogen and oxygen atoms in total. The minimum Gasteiger partial charge on any atom is -0.494 e. The Kier molecular flexibility index (Phi) is 7.07. The molecular formula is C24H30Cl2N3O2+. The van der Waals surface area contributed by atoms with Gasteiger partial charge in [-0.25, -0.2) is 0 Å². The lowest BCUT2D eigenvalue weighted by Gasteiger charge is -2.42. The Morgan fingerprint density at radius 2 is 1.90 bits per heavy atom. The van der Waals surface area contributed by atoms with E-state index < -0.39 is 0 Å². The van der Waals surface area contributed by atoms with Gasteiger partial charge >= 0.3 is 0 Å². The summed E-state index contributed by atoms with van der Waals surface area (Å²) in [4.78, 5) is 14.1. The average molecular weight is 463 g/mol. The molecule has 0 saturated carbocycles. The number of aryl methyl sites for hydroxylation is 1. The lowest BCUT2D eigenvalue weighted by molar-refractivity contribution is -0.116. The van der Waals surface area contributed by atoms with Crippen LogP contribution in [0.4, 0.5) is 11.4 Å². The number of benzene rings is 2. The molecule has 1 fully saturated rings. The van der Waals surface area contributed by atoms with Crippen molar-refractivity contribution in [3.05, 3.63) is 52.0 Å². The summed E-state index contributed by atoms with van der Waals surface area (Å²) in [7, 11) is 2.24. The second-order valence-electron chi connectivity index (χ2n) is 8.68. The minimum absolute atomic E-state index is 0.0820. The standard InChI is InChI=1S/C24H29Cl2N3O2/c1-29(22-6-4-5-20(25)24(22)26)14-12-28(13-15-29)11-2-3-16-31-19-9-7-18-8-10-23(30)27-21(18)17-19/h4-7,9,17H,2-3,8,10-16H2,1H3/p+1. The molecule has 1 N–H and O–H groups in total. The third kappa shape index (κ3) is 5.35. The Morgan fingerprint density at radius 1 is 1.10 bits per heavy atom. The first-order chi connectivity index (χ1) is 14.9. The highest BCUT2D eigenvalue weighted by Crippen LogP contribution is 2.36. The summed E-state index contributed by atoms with van der Waals surface area (Å²) in [5.74, 6) is 0.906. The van der Waals surface area contributed by atoms with E-state index in [4.69, 9.17) is 27.9 Å². The molecule has 0 aliphatic carbocycles. The number of nitrogens with zero attached hydrogens (tertiary/aromatic N) is 2. The average Bonchev–Trinajstić information content (AvgIpc) is 2.76. The highest BCUT2D eigenvalue weighted by atomic mass is 35.5. The maximum Gasteiger partial charge on any atom is 0.224 e. The van der Waals surface area contributed by atoms with Crippen molar-refractivity contribution in [2.45, 2.75) is 25.7 Å². The predicted octanol–water partition coefficient (Wildman–Crippen LogP) is 4.99. The van der Waals surface area contributed by atoms with Crippen LogP contribution in [0, 0.1) is 0 Å². The fraction of sp³-hybridized carbons (Fsp3) is 0.458. The van der Waals surface area contributed by atoms with E-state index in [-0.39, 0.29) is 5.91 Å². The lowest BCUT2D eigenvalue weighted by Crippen LogP contribution is -2.58. The summed E-state index contributed by atoms with van der Waals surface area (Å²) in [6.45, 7) is 5.91. The zero-order chi connectivity index (χ0) is 21.8. The number of rotatable bonds is 7. The van der Waals surface area contributed by atoms with Crippen molar-refractivity contribution in [2.75, 3.05) is 51.7 Å². The molecule has 0 unspecified atom stereocenters. The normalized spacial score (nSPS) is 18.4. The Morgan fingerprint density at radius 3 is 2.71 bits per heavy atom. The van der Waals surface area contributed by atoms with Gasteiger partial charge in [-0.05, 0) is 43.5 Å². The second-order valence-corrected chi connectivity index (χ2v) is 9.47. The predicted molar refractivity (Wildman–Crippen MR) is 128 cm³/mol. The van der Waals surface area contributed by atoms with Gasteiger partial charge in [0.05, 0.1) is 31.8 Å². The van der Waals surface area contributed by atoms with Gasteiger partial charge in [0.2, 0.25) is 5.91 Å². The first-order valence-corrected chi connectivity index (χ1v) is 11.8. The van der Waals surface area contributed by atoms with Gasteiger partial charge in [-0.15, -0.1) is 0 Å². The molecule has 0 bridgehead atoms. The van der Waals surface area contributed by atoms with Gasteiger partial charge in [-0.2, -0.15) is 0 Å². The molecule has 1 amide bonds. The van der Waals surface area contributed by atoms with Gasteiger partial charge in [-0.1, -0.05) is 35.3 Å². The fourth-order valence-electron chi connectivity index (χ4n) is 4.39. The number of likely N-dealkylation sites (N-methyl/N-ethyl adjacent to an activating group) is 1. The van der Waals surface area contributed by atoms with Crippen LogP contribution < -0.4 is 14.5 Å². The monoisotopic (exact) mass is 462 g/mol. The zero-order valence-electron chi connectivity index (χ0n) is 18.0. The lowest BCUT2D eigenvalue weighted by atomic mass is 10.0. The van der Waals surface area contributed by atoms with E-state index in [1.165, 1.54) is 5.56 Å². The van der Waals surface area contributed by atoms with Gasteiger partial charge in [0.15, 0.2) is 5.69 Å². The van der Waals surface area contributed by atoms with Gasteiger partial charge in [0.1, 0.15) is 10.8 Å². The number of quaternary nitrogens is 1. The van der Waals surface area contributed by atoms with E-state index in [0.717, 1.165) is 73.6 Å². The number of halogens is 2. The number of hydrogen-bond acceptors (Lipinski definition) is 3. The molecule has 0 radical (unpaired) electrons. The molecule has 2 aromatic rings. The fourth-order valence-corrected chi connectivity index (χ4v) is 4.89. The van der Waals surface area contributed by atoms with E-state index in [1.54, 1.807) is 0 Å². The van der Waals surface area contributed by atoms with Crippen LogP contribution in [0.15, 0.2) is 36.4 Å². The van der Waals surface area contributed by atoms with Crippen molar-refractivity contribution < 1.29 is 9.53 Å². The Balaban J connectivity index is 1.18. The molecule has 0 aromatic heterocycles. The van der Waals surface area contributed by atoms with Gasteiger partial charge < -0.3 is 10.1 Å². The number of ether oxygens (including phenoxy) is 1. The van der Waals surface area contributed by atoms with Crippen LogP contribution >= 0.6 is 23.2 Å². The van der Waals surface area contributed by atoms with E-state index >= 15 is 0 Å². The third-order valence-electron chi connectivity index (χ3n) is 6.45. The number of fused-ring (bicyclic) bond motifs is 1. The molecule has 166 valence electrons. The van der Waals surface area contributed by atoms with Crippen LogP contribution in [0.2, 0.25) is 10.0 Å². The molecular weight excluding hydrogens is 433 g/mol. The van der Waals surface area contributed by atoms with E-state index in [0.29, 0.717) is 23.1 Å². The number of unbranched alkanes of at least 4 members (excludes halogenated alkanes) is 1. The summed E-state index contributed by atoms with van der Waals surface area (Å²) in [6, 6.07) is 11.9. The van der Waals surface area contributed by atoms with Crippen molar-refractivity contribution in [3.63, 3.8) is 0 Å². The molecule has 31 heavy (non-hydrogen) atoms. The minimum atomic E-state index is 0.0820. The number of anilines is 1. The molecule has 2 heterocycles. The van der Waals surface area contributed by atoms with Crippen LogP contribution in [0.5, 0.6) is 5.75 Å². The maximum atomic E-state index is 11.6. The van der Waals surface area contributed by atoms with Crippen LogP contribution in [0.25, 0.3) is 0 Å². The number of amides is 1. The molecule has 0 spiro atoms. The molecule has 2 aliphatic heterocycles. The summed E-state index contributed by atoms with van der Waals surface area (Å²) >= 11 is 12.7. The van der Waals surface area contributed by atoms with Crippen molar-refractivity contribution in [1.29, 1.82) is 0 Å². The summed E-state index contributed by atoms with van der Waals surface area (Å²) < 4.78 is 6.74. The van der Waals surface area contributed by atoms with E-state index in [2.05, 4.69) is 29.4 Å². The van der Waals surface area contributed by atoms with Crippen LogP contribution in [0.3, 0.4) is 0 Å². The Hall–Kier alpha value is -1.79. The van der Waals surface area contributed by atoms with Crippen molar-refractivity contribution in [2.24, 2.45) is 0 Å². The quantitative estimate of drug-likeness (QED) is 0.465. The zero-order valence-corrected chi connectivity index (χ0v) is 19.5. The summed E-state index contributed by atoms with van der Waals surface area (Å²) in [6.07, 6.45) is 3.47. The van der Waals surface area contributed by atoms with Gasteiger partial charge in [-0.3, -0.25) is 14.2 Å². The molecule has 1 saturated heterocycles. The molecule has 0 atom stereocenters. The first kappa shape index (κ1) is 22.4. The summed E-state index contributed by atoms with van der Waals surface area (Å²) in [5, 5.41) is 4.23. The molecule has 2 aliphatic rings. The Labute approximate surface area is 194 Å². The van der Waals surface area contributed by atoms with Crippen molar-refractivity contribution in [1.82, 2.24) is 9.38 Å². The number of nitrogens with one attached hydrogen (secondary N) is 1. The topological polar surface area (TPSA) is 41.6 Å². The number of carbonyl (C=O) groups is 1. The third-order valence-corrected chi connectivity index (χ3v) is 7.26. The largest absolute Gasteiger partial charge is 0.494 e. The van der Waals surface area contributed by atoms with Crippen LogP contribution in [0.1, 0.15) is 24.8 Å². The van der Waals surface area contributed by atoms with E-state index in [9.17, 15) is 4.79 Å². The molecule has 2 aromatic carbocycles. The number of carbonyl (C=O) groups excluding carboxylic acids is 1. The highest BCUT2D eigenvalue weighted by molar-refractivity contribution is 6.43. The molecule has 4 rings (SSSR count). The second kappa shape index (κ2) is 9.78. The van der Waals surface area contributed by atoms with Crippen molar-refractivity contribution >= 4 is 40.5 Å². The Bertz CT molecular complexity index is 942. The molecule has 7 heteroatoms. The number of hydrogen-bond donors (Lipinski definition) is 1. The summed E-state index contributed by atoms with van der Waals surface area (Å²) in [5.41, 5.74) is 3.19. The highest BCUT2D eigenvalue weighted by Gasteiger charge is 2.33. The van der Waals surface area contributed by atoms with Crippen LogP contribution in [-0.4, -0.2) is 57.2 Å². The van der Waals surface area contributed by atoms with Crippen molar-refractivity contribution in [3.8, 4) is 5.75 Å². The number of piperazine rings is 1. The smallest absolute Gasteiger partial charge is 0.224 e. The van der Waals surface area contributed by atoms with Gasteiger partial charge in [0.25, 0.3) is 0 Å². The van der Waals surface area contributed by atoms with Gasteiger partial charge in [0, 0.05) is 37.3 Å². The van der Waals surface area contributed by atoms with E-state index in [1.807, 2.05) is 24.3 Å². The van der Waals surface area contributed by atoms with Crippen LogP contribution in [-0.2, 0) is 11.2 Å². The first-order valence-electron chi connectivity index (χ1n) is 11.0. The SMILES string of the molecule is C[N+]1(c2cccc(Cl)c2Cl)CCN(CCCCOc2ccc3c(c2)NC(=O)CC3)CC1.